The summed E-state index contributed by atoms with van der Waals surface area (Å²) < 4.78 is 7.07. The third-order valence-corrected chi connectivity index (χ3v) is 3.48. The summed E-state index contributed by atoms with van der Waals surface area (Å²) in [5.41, 5.74) is 2.47. The van der Waals surface area contributed by atoms with Crippen LogP contribution in [0.25, 0.3) is 0 Å². The van der Waals surface area contributed by atoms with Crippen molar-refractivity contribution in [2.75, 3.05) is 0 Å². The minimum absolute atomic E-state index is 0.0653. The predicted molar refractivity (Wildman–Crippen MR) is 83.6 cm³/mol. The molecule has 0 aliphatic carbocycles. The molecule has 0 saturated heterocycles. The lowest BCUT2D eigenvalue weighted by Crippen LogP contribution is -2.13. The second-order valence-corrected chi connectivity index (χ2v) is 6.58. The minimum Gasteiger partial charge on any atom is -0.489 e. The van der Waals surface area contributed by atoms with Crippen molar-refractivity contribution in [2.45, 2.75) is 32.8 Å². The van der Waals surface area contributed by atoms with Crippen LogP contribution in [0.5, 0.6) is 5.75 Å². The van der Waals surface area contributed by atoms with Gasteiger partial charge in [0.25, 0.3) is 0 Å². The molecule has 2 rings (SSSR count). The van der Waals surface area contributed by atoms with Gasteiger partial charge in [-0.15, -0.1) is 0 Å². The maximum Gasteiger partial charge on any atom is 0.123 e. The van der Waals surface area contributed by atoms with Gasteiger partial charge in [-0.2, -0.15) is 0 Å². The van der Waals surface area contributed by atoms with Crippen LogP contribution in [0.2, 0.25) is 0 Å². The van der Waals surface area contributed by atoms with Crippen LogP contribution in [-0.2, 0) is 12.0 Å². The highest BCUT2D eigenvalue weighted by Gasteiger charge is 2.19. The van der Waals surface area contributed by atoms with Crippen LogP contribution in [0.4, 0.5) is 0 Å². The van der Waals surface area contributed by atoms with Gasteiger partial charge in [0.2, 0.25) is 0 Å². The Morgan fingerprint density at radius 1 is 1.00 bits per heavy atom. The first-order valence-corrected chi connectivity index (χ1v) is 7.23. The van der Waals surface area contributed by atoms with Crippen LogP contribution < -0.4 is 4.74 Å². The smallest absolute Gasteiger partial charge is 0.123 e. The lowest BCUT2D eigenvalue weighted by Gasteiger charge is -2.23. The Balaban J connectivity index is 2.21. The van der Waals surface area contributed by atoms with Crippen molar-refractivity contribution in [2.24, 2.45) is 0 Å². The molecule has 0 spiro atoms. The van der Waals surface area contributed by atoms with Gasteiger partial charge in [0.15, 0.2) is 0 Å². The molecule has 0 atom stereocenters. The molecule has 2 heteroatoms. The summed E-state index contributed by atoms with van der Waals surface area (Å²) in [6.07, 6.45) is 0. The first kappa shape index (κ1) is 14.1. The van der Waals surface area contributed by atoms with Crippen molar-refractivity contribution in [1.82, 2.24) is 0 Å². The van der Waals surface area contributed by atoms with Crippen molar-refractivity contribution in [3.05, 3.63) is 64.1 Å². The van der Waals surface area contributed by atoms with Gasteiger partial charge in [-0.25, -0.2) is 0 Å². The van der Waals surface area contributed by atoms with Crippen molar-refractivity contribution >= 4 is 15.9 Å². The van der Waals surface area contributed by atoms with Gasteiger partial charge >= 0.3 is 0 Å². The topological polar surface area (TPSA) is 9.23 Å². The van der Waals surface area contributed by atoms with E-state index in [4.69, 9.17) is 4.74 Å². The zero-order valence-electron chi connectivity index (χ0n) is 11.6. The van der Waals surface area contributed by atoms with E-state index in [1.54, 1.807) is 0 Å². The van der Waals surface area contributed by atoms with Crippen molar-refractivity contribution < 1.29 is 4.74 Å². The van der Waals surface area contributed by atoms with E-state index in [-0.39, 0.29) is 5.41 Å². The average molecular weight is 319 g/mol. The molecule has 0 aliphatic heterocycles. The zero-order chi connectivity index (χ0) is 13.9. The first-order valence-electron chi connectivity index (χ1n) is 6.43. The molecule has 19 heavy (non-hydrogen) atoms. The number of halogens is 1. The summed E-state index contributed by atoms with van der Waals surface area (Å²) in [4.78, 5) is 0. The molecule has 0 radical (unpaired) electrons. The van der Waals surface area contributed by atoms with Crippen molar-refractivity contribution in [3.63, 3.8) is 0 Å². The molecule has 0 unspecified atom stereocenters. The first-order chi connectivity index (χ1) is 8.97. The SMILES string of the molecule is CC(C)(C)c1cc(Br)ccc1OCc1ccccc1. The molecule has 0 saturated carbocycles. The van der Waals surface area contributed by atoms with E-state index < -0.39 is 0 Å². The van der Waals surface area contributed by atoms with Gasteiger partial charge in [-0.05, 0) is 29.2 Å². The zero-order valence-corrected chi connectivity index (χ0v) is 13.2. The number of hydrogen-bond acceptors (Lipinski definition) is 1. The van der Waals surface area contributed by atoms with Gasteiger partial charge in [-0.3, -0.25) is 0 Å². The number of ether oxygens (including phenoxy) is 1. The van der Waals surface area contributed by atoms with Gasteiger partial charge in [0.1, 0.15) is 12.4 Å². The maximum absolute atomic E-state index is 5.98. The Morgan fingerprint density at radius 3 is 2.32 bits per heavy atom. The molecule has 0 N–H and O–H groups in total. The van der Waals surface area contributed by atoms with Gasteiger partial charge in [0.05, 0.1) is 0 Å². The van der Waals surface area contributed by atoms with Gasteiger partial charge in [0, 0.05) is 10.0 Å². The normalized spacial score (nSPS) is 11.4. The van der Waals surface area contributed by atoms with Crippen LogP contribution in [0.1, 0.15) is 31.9 Å². The maximum atomic E-state index is 5.98. The summed E-state index contributed by atoms with van der Waals surface area (Å²) in [5.74, 6) is 0.958. The Bertz CT molecular complexity index is 541. The van der Waals surface area contributed by atoms with Crippen molar-refractivity contribution in [3.8, 4) is 5.75 Å². The lowest BCUT2D eigenvalue weighted by atomic mass is 9.86. The highest BCUT2D eigenvalue weighted by atomic mass is 79.9. The summed E-state index contributed by atoms with van der Waals surface area (Å²) in [5, 5.41) is 0. The Hall–Kier alpha value is -1.28. The molecule has 0 bridgehead atoms. The molecular formula is C17H19BrO. The van der Waals surface area contributed by atoms with Crippen LogP contribution in [-0.4, -0.2) is 0 Å². The molecule has 0 fully saturated rings. The van der Waals surface area contributed by atoms with Gasteiger partial charge < -0.3 is 4.74 Å². The van der Waals surface area contributed by atoms with E-state index in [0.29, 0.717) is 6.61 Å². The fraction of sp³-hybridized carbons (Fsp3) is 0.294. The molecule has 2 aromatic rings. The number of hydrogen-bond donors (Lipinski definition) is 0. The van der Waals surface area contributed by atoms with Crippen molar-refractivity contribution in [1.29, 1.82) is 0 Å². The third-order valence-electron chi connectivity index (χ3n) is 2.99. The molecule has 0 aromatic heterocycles. The van der Waals surface area contributed by atoms with E-state index >= 15 is 0 Å². The largest absolute Gasteiger partial charge is 0.489 e. The second kappa shape index (κ2) is 5.79. The monoisotopic (exact) mass is 318 g/mol. The summed E-state index contributed by atoms with van der Waals surface area (Å²) in [7, 11) is 0. The highest BCUT2D eigenvalue weighted by Crippen LogP contribution is 2.34. The van der Waals surface area contributed by atoms with Crippen LogP contribution in [0.15, 0.2) is 53.0 Å². The van der Waals surface area contributed by atoms with Gasteiger partial charge in [-0.1, -0.05) is 67.0 Å². The van der Waals surface area contributed by atoms with E-state index in [9.17, 15) is 0 Å². The fourth-order valence-electron chi connectivity index (χ4n) is 1.95. The Kier molecular flexibility index (Phi) is 4.31. The molecule has 0 aliphatic rings. The van der Waals surface area contributed by atoms with E-state index in [1.165, 1.54) is 11.1 Å². The third kappa shape index (κ3) is 3.84. The fourth-order valence-corrected chi connectivity index (χ4v) is 2.31. The van der Waals surface area contributed by atoms with Crippen LogP contribution >= 0.6 is 15.9 Å². The van der Waals surface area contributed by atoms with E-state index in [0.717, 1.165) is 10.2 Å². The highest BCUT2D eigenvalue weighted by molar-refractivity contribution is 9.10. The lowest BCUT2D eigenvalue weighted by molar-refractivity contribution is 0.297. The Morgan fingerprint density at radius 2 is 1.68 bits per heavy atom. The second-order valence-electron chi connectivity index (χ2n) is 5.66. The molecular weight excluding hydrogens is 300 g/mol. The minimum atomic E-state index is 0.0653. The predicted octanol–water partition coefficient (Wildman–Crippen LogP) is 5.33. The molecule has 0 heterocycles. The van der Waals surface area contributed by atoms with Crippen LogP contribution in [0, 0.1) is 0 Å². The number of benzene rings is 2. The summed E-state index contributed by atoms with van der Waals surface area (Å²) in [6.45, 7) is 7.20. The quantitative estimate of drug-likeness (QED) is 0.743. The average Bonchev–Trinajstić information content (AvgIpc) is 2.37. The van der Waals surface area contributed by atoms with Crippen LogP contribution in [0.3, 0.4) is 0 Å². The number of rotatable bonds is 3. The standard InChI is InChI=1S/C17H19BrO/c1-17(2,3)15-11-14(18)9-10-16(15)19-12-13-7-5-4-6-8-13/h4-11H,12H2,1-3H3. The van der Waals surface area contributed by atoms with E-state index in [1.807, 2.05) is 30.3 Å². The molecule has 1 nitrogen and oxygen atoms in total. The molecule has 100 valence electrons. The van der Waals surface area contributed by atoms with E-state index in [2.05, 4.69) is 54.9 Å². The molecule has 2 aromatic carbocycles. The Labute approximate surface area is 123 Å². The summed E-state index contributed by atoms with van der Waals surface area (Å²) in [6, 6.07) is 16.4. The molecule has 0 amide bonds. The summed E-state index contributed by atoms with van der Waals surface area (Å²) >= 11 is 3.53.